The zero-order chi connectivity index (χ0) is 32.7. The monoisotopic (exact) mass is 616 g/mol. The normalized spacial score (nSPS) is 11.6. The number of furan rings is 2. The van der Waals surface area contributed by atoms with Gasteiger partial charge in [-0.2, -0.15) is 0 Å². The van der Waals surface area contributed by atoms with E-state index in [0.29, 0.717) is 44.6 Å². The highest BCUT2D eigenvalue weighted by Crippen LogP contribution is 2.34. The molecular formula is C33H28O12. The molecule has 0 fully saturated rings. The maximum absolute atomic E-state index is 13.0. The van der Waals surface area contributed by atoms with Crippen molar-refractivity contribution >= 4 is 57.8 Å². The molecule has 0 saturated heterocycles. The number of carbonyl (C=O) groups is 4. The lowest BCUT2D eigenvalue weighted by Gasteiger charge is -2.08. The first-order chi connectivity index (χ1) is 21.6. The second-order valence-corrected chi connectivity index (χ2v) is 9.11. The van der Waals surface area contributed by atoms with Crippen LogP contribution < -0.4 is 9.47 Å². The molecule has 0 aliphatic rings. The van der Waals surface area contributed by atoms with Crippen LogP contribution in [-0.2, 0) is 28.5 Å². The van der Waals surface area contributed by atoms with Crippen LogP contribution in [0.3, 0.4) is 0 Å². The summed E-state index contributed by atoms with van der Waals surface area (Å²) in [6.45, 7) is 3.55. The van der Waals surface area contributed by atoms with Crippen molar-refractivity contribution in [3.05, 3.63) is 95.4 Å². The van der Waals surface area contributed by atoms with Crippen LogP contribution in [0.2, 0.25) is 0 Å². The van der Waals surface area contributed by atoms with Crippen molar-refractivity contribution in [2.24, 2.45) is 0 Å². The summed E-state index contributed by atoms with van der Waals surface area (Å²) in [4.78, 5) is 49.4. The zero-order valence-corrected chi connectivity index (χ0v) is 25.0. The van der Waals surface area contributed by atoms with Crippen molar-refractivity contribution in [2.75, 3.05) is 35.5 Å². The molecule has 0 spiro atoms. The number of ether oxygens (including phenoxy) is 6. The first-order valence-corrected chi connectivity index (χ1v) is 13.1. The second-order valence-electron chi connectivity index (χ2n) is 9.11. The van der Waals surface area contributed by atoms with E-state index in [2.05, 4.69) is 11.3 Å². The van der Waals surface area contributed by atoms with E-state index in [9.17, 15) is 19.2 Å². The van der Waals surface area contributed by atoms with Gasteiger partial charge in [-0.1, -0.05) is 12.2 Å². The molecule has 0 bridgehead atoms. The van der Waals surface area contributed by atoms with E-state index in [1.54, 1.807) is 30.3 Å². The third-order valence-electron chi connectivity index (χ3n) is 6.39. The second kappa shape index (κ2) is 14.0. The van der Waals surface area contributed by atoms with Crippen LogP contribution in [-0.4, -0.2) is 59.2 Å². The van der Waals surface area contributed by atoms with Gasteiger partial charge in [0.1, 0.15) is 29.4 Å². The largest absolute Gasteiger partial charge is 0.493 e. The number of hydrogen-bond acceptors (Lipinski definition) is 12. The van der Waals surface area contributed by atoms with E-state index in [1.165, 1.54) is 59.2 Å². The number of rotatable bonds is 12. The SMILES string of the molecule is C=C(OC(=C\C(=O)/C=C/c1cc(OC)c2occ(C(=O)OC)c2c1)/C=C/c1cc(OC)c2occ(C(=O)OC)c2c1)C(=O)OC. The minimum Gasteiger partial charge on any atom is -0.493 e. The maximum atomic E-state index is 13.0. The quantitative estimate of drug-likeness (QED) is 0.0636. The van der Waals surface area contributed by atoms with Crippen LogP contribution in [0.4, 0.5) is 0 Å². The Balaban J connectivity index is 1.69. The van der Waals surface area contributed by atoms with Gasteiger partial charge in [-0.3, -0.25) is 4.79 Å². The summed E-state index contributed by atoms with van der Waals surface area (Å²) in [5.41, 5.74) is 2.12. The van der Waals surface area contributed by atoms with Gasteiger partial charge in [0.15, 0.2) is 28.4 Å². The molecule has 0 saturated carbocycles. The molecule has 232 valence electrons. The highest BCUT2D eigenvalue weighted by molar-refractivity contribution is 6.07. The highest BCUT2D eigenvalue weighted by atomic mass is 16.6. The van der Waals surface area contributed by atoms with Crippen molar-refractivity contribution in [1.82, 2.24) is 0 Å². The molecule has 2 heterocycles. The van der Waals surface area contributed by atoms with Crippen molar-refractivity contribution in [2.45, 2.75) is 0 Å². The molecular weight excluding hydrogens is 588 g/mol. The van der Waals surface area contributed by atoms with E-state index in [0.717, 1.165) is 13.2 Å². The van der Waals surface area contributed by atoms with Crippen LogP contribution in [0.25, 0.3) is 34.1 Å². The van der Waals surface area contributed by atoms with E-state index < -0.39 is 23.7 Å². The van der Waals surface area contributed by atoms with Gasteiger partial charge >= 0.3 is 17.9 Å². The van der Waals surface area contributed by atoms with Crippen molar-refractivity contribution in [1.29, 1.82) is 0 Å². The molecule has 4 rings (SSSR count). The Kier molecular flexibility index (Phi) is 9.89. The Morgan fingerprint density at radius 3 is 1.62 bits per heavy atom. The fourth-order valence-corrected chi connectivity index (χ4v) is 4.24. The molecule has 0 amide bonds. The van der Waals surface area contributed by atoms with Crippen LogP contribution in [0.15, 0.2) is 82.0 Å². The summed E-state index contributed by atoms with van der Waals surface area (Å²) in [7, 11) is 6.55. The van der Waals surface area contributed by atoms with Crippen molar-refractivity contribution in [3.63, 3.8) is 0 Å². The number of benzene rings is 2. The maximum Gasteiger partial charge on any atom is 0.373 e. The number of hydrogen-bond donors (Lipinski definition) is 0. The molecule has 0 aliphatic heterocycles. The summed E-state index contributed by atoms with van der Waals surface area (Å²) in [6.07, 6.45) is 9.39. The first-order valence-electron chi connectivity index (χ1n) is 13.1. The minimum atomic E-state index is -0.844. The molecule has 2 aromatic carbocycles. The summed E-state index contributed by atoms with van der Waals surface area (Å²) in [5, 5.41) is 0.871. The molecule has 4 aromatic rings. The van der Waals surface area contributed by atoms with Gasteiger partial charge in [0.2, 0.25) is 5.76 Å². The van der Waals surface area contributed by atoms with E-state index in [-0.39, 0.29) is 22.6 Å². The lowest BCUT2D eigenvalue weighted by Crippen LogP contribution is -2.07. The van der Waals surface area contributed by atoms with Gasteiger partial charge in [0, 0.05) is 16.8 Å². The Hall–Kier alpha value is -6.04. The molecule has 0 radical (unpaired) electrons. The van der Waals surface area contributed by atoms with Crippen LogP contribution in [0.1, 0.15) is 31.8 Å². The fraction of sp³-hybridized carbons (Fsp3) is 0.152. The topological polar surface area (TPSA) is 150 Å². The molecule has 12 heteroatoms. The number of allylic oxidation sites excluding steroid dienone is 3. The molecule has 0 N–H and O–H groups in total. The van der Waals surface area contributed by atoms with Crippen LogP contribution >= 0.6 is 0 Å². The summed E-state index contributed by atoms with van der Waals surface area (Å²) in [5.74, 6) is -2.31. The number of carbonyl (C=O) groups excluding carboxylic acids is 4. The number of fused-ring (bicyclic) bond motifs is 2. The lowest BCUT2D eigenvalue weighted by molar-refractivity contribution is -0.139. The highest BCUT2D eigenvalue weighted by Gasteiger charge is 2.19. The van der Waals surface area contributed by atoms with Gasteiger partial charge in [-0.15, -0.1) is 0 Å². The number of methoxy groups -OCH3 is 5. The summed E-state index contributed by atoms with van der Waals surface area (Å²) >= 11 is 0. The Morgan fingerprint density at radius 1 is 0.689 bits per heavy atom. The summed E-state index contributed by atoms with van der Waals surface area (Å²) < 4.78 is 41.6. The predicted octanol–water partition coefficient (Wildman–Crippen LogP) is 5.65. The standard InChI is InChI=1S/C33H28O12/c1-18(31(35)40-4)45-22(10-8-20-12-24-26(33(37)42-6)17-44-30(24)28(14-20)39-3)15-21(34)9-7-19-11-23-25(32(36)41-5)16-43-29(23)27(13-19)38-2/h7-17H,1H2,2-6H3/b9-7+,10-8+,22-15-. The van der Waals surface area contributed by atoms with Crippen LogP contribution in [0.5, 0.6) is 11.5 Å². The first kappa shape index (κ1) is 31.9. The molecule has 0 aliphatic carbocycles. The number of ketones is 1. The third kappa shape index (κ3) is 6.96. The van der Waals surface area contributed by atoms with Gasteiger partial charge in [-0.05, 0) is 54.1 Å². The molecule has 45 heavy (non-hydrogen) atoms. The lowest BCUT2D eigenvalue weighted by atomic mass is 10.1. The Bertz CT molecular complexity index is 1900. The van der Waals surface area contributed by atoms with Gasteiger partial charge < -0.3 is 37.3 Å². The van der Waals surface area contributed by atoms with Crippen LogP contribution in [0, 0.1) is 0 Å². The van der Waals surface area contributed by atoms with E-state index in [4.69, 9.17) is 32.5 Å². The number of esters is 3. The predicted molar refractivity (Wildman–Crippen MR) is 162 cm³/mol. The fourth-order valence-electron chi connectivity index (χ4n) is 4.24. The van der Waals surface area contributed by atoms with E-state index in [1.807, 2.05) is 0 Å². The van der Waals surface area contributed by atoms with Gasteiger partial charge in [0.25, 0.3) is 0 Å². The van der Waals surface area contributed by atoms with E-state index >= 15 is 0 Å². The average Bonchev–Trinajstić information content (AvgIpc) is 3.69. The van der Waals surface area contributed by atoms with Gasteiger partial charge in [0.05, 0.1) is 35.5 Å². The third-order valence-corrected chi connectivity index (χ3v) is 6.39. The van der Waals surface area contributed by atoms with Crippen molar-refractivity contribution < 1.29 is 56.4 Å². The zero-order valence-electron chi connectivity index (χ0n) is 25.0. The molecule has 2 aromatic heterocycles. The van der Waals surface area contributed by atoms with Crippen molar-refractivity contribution in [3.8, 4) is 11.5 Å². The summed E-state index contributed by atoms with van der Waals surface area (Å²) in [6, 6.07) is 6.55. The Labute approximate surface area is 256 Å². The van der Waals surface area contributed by atoms with Gasteiger partial charge in [-0.25, -0.2) is 14.4 Å². The molecule has 0 atom stereocenters. The molecule has 12 nitrogen and oxygen atoms in total. The molecule has 0 unspecified atom stereocenters. The average molecular weight is 617 g/mol. The Morgan fingerprint density at radius 2 is 1.18 bits per heavy atom. The smallest absolute Gasteiger partial charge is 0.373 e. The minimum absolute atomic E-state index is 0.0599.